The molecule has 0 aromatic carbocycles. The maximum absolute atomic E-state index is 11.9. The molecule has 0 aliphatic rings. The largest absolute Gasteiger partial charge is 0.302 e. The van der Waals surface area contributed by atoms with Crippen LogP contribution in [0, 0.1) is 0 Å². The third-order valence-corrected chi connectivity index (χ3v) is 2.61. The van der Waals surface area contributed by atoms with Gasteiger partial charge in [0, 0.05) is 11.1 Å². The van der Waals surface area contributed by atoms with Gasteiger partial charge in [0.1, 0.15) is 0 Å². The zero-order valence-corrected chi connectivity index (χ0v) is 7.16. The van der Waals surface area contributed by atoms with E-state index in [4.69, 9.17) is 0 Å². The first kappa shape index (κ1) is 8.61. The molecule has 11 heavy (non-hydrogen) atoms. The summed E-state index contributed by atoms with van der Waals surface area (Å²) in [6.45, 7) is 0. The minimum atomic E-state index is -4.32. The third kappa shape index (κ3) is 3.43. The molecule has 1 aromatic heterocycles. The van der Waals surface area contributed by atoms with Gasteiger partial charge in [0.05, 0.1) is 11.3 Å². The Bertz CT molecular complexity index is 305. The van der Waals surface area contributed by atoms with Crippen LogP contribution in [0.2, 0.25) is 0 Å². The van der Waals surface area contributed by atoms with E-state index in [1.165, 1.54) is 17.5 Å². The molecule has 0 saturated heterocycles. The second kappa shape index (κ2) is 3.27. The monoisotopic (exact) mass is 195 g/mol. The van der Waals surface area contributed by atoms with Crippen LogP contribution in [0.3, 0.4) is 0 Å². The number of nitrogens with zero attached hydrogens (tertiary/aromatic N) is 1. The van der Waals surface area contributed by atoms with Crippen LogP contribution in [0.15, 0.2) is 11.7 Å². The number of aromatic nitrogens is 1. The molecule has 0 aliphatic carbocycles. The van der Waals surface area contributed by atoms with Crippen LogP contribution in [-0.2, 0) is 16.6 Å². The van der Waals surface area contributed by atoms with Crippen molar-refractivity contribution in [2.75, 3.05) is 5.75 Å². The summed E-state index contributed by atoms with van der Waals surface area (Å²) in [6, 6.07) is 0. The molecule has 62 valence electrons. The summed E-state index contributed by atoms with van der Waals surface area (Å²) >= 11 is 1.32. The number of aryl methyl sites for hydroxylation is 1. The number of rotatable bonds is 3. The van der Waals surface area contributed by atoms with Gasteiger partial charge in [-0.1, -0.05) is 0 Å². The highest BCUT2D eigenvalue weighted by molar-refractivity contribution is 7.86. The van der Waals surface area contributed by atoms with Crippen molar-refractivity contribution in [1.29, 1.82) is 0 Å². The van der Waals surface area contributed by atoms with Crippen LogP contribution in [0.4, 0.5) is 3.89 Å². The van der Waals surface area contributed by atoms with Crippen molar-refractivity contribution >= 4 is 21.6 Å². The summed E-state index contributed by atoms with van der Waals surface area (Å²) in [6.07, 6.45) is 1.75. The Hall–Kier alpha value is -0.490. The highest BCUT2D eigenvalue weighted by Crippen LogP contribution is 2.07. The lowest BCUT2D eigenvalue weighted by Crippen LogP contribution is -2.00. The van der Waals surface area contributed by atoms with E-state index in [1.807, 2.05) is 0 Å². The first-order valence-corrected chi connectivity index (χ1v) is 5.31. The molecular weight excluding hydrogens is 189 g/mol. The van der Waals surface area contributed by atoms with Crippen LogP contribution >= 0.6 is 11.3 Å². The van der Waals surface area contributed by atoms with Crippen molar-refractivity contribution < 1.29 is 12.3 Å². The van der Waals surface area contributed by atoms with Gasteiger partial charge in [-0.15, -0.1) is 15.2 Å². The third-order valence-electron chi connectivity index (χ3n) is 1.08. The van der Waals surface area contributed by atoms with Gasteiger partial charge in [0.15, 0.2) is 0 Å². The molecule has 6 heteroatoms. The van der Waals surface area contributed by atoms with Crippen molar-refractivity contribution in [3.63, 3.8) is 0 Å². The molecule has 0 atom stereocenters. The van der Waals surface area contributed by atoms with Gasteiger partial charge in [0.25, 0.3) is 0 Å². The first-order chi connectivity index (χ1) is 5.08. The SMILES string of the molecule is O=S(=O)(F)CCc1cncs1. The molecule has 0 amide bonds. The van der Waals surface area contributed by atoms with Gasteiger partial charge >= 0.3 is 10.2 Å². The summed E-state index contributed by atoms with van der Waals surface area (Å²) in [5, 5.41) is 0. The summed E-state index contributed by atoms with van der Waals surface area (Å²) < 4.78 is 32.0. The van der Waals surface area contributed by atoms with E-state index in [1.54, 1.807) is 5.51 Å². The Morgan fingerprint density at radius 1 is 1.64 bits per heavy atom. The predicted octanol–water partition coefficient (Wildman–Crippen LogP) is 0.985. The zero-order valence-electron chi connectivity index (χ0n) is 5.53. The van der Waals surface area contributed by atoms with Gasteiger partial charge in [0.2, 0.25) is 0 Å². The lowest BCUT2D eigenvalue weighted by atomic mass is 10.4. The lowest BCUT2D eigenvalue weighted by molar-refractivity contribution is 0.551. The van der Waals surface area contributed by atoms with Crippen molar-refractivity contribution in [3.8, 4) is 0 Å². The van der Waals surface area contributed by atoms with Gasteiger partial charge in [-0.2, -0.15) is 8.42 Å². The molecule has 0 aliphatic heterocycles. The topological polar surface area (TPSA) is 47.0 Å². The van der Waals surface area contributed by atoms with Crippen molar-refractivity contribution in [2.24, 2.45) is 0 Å². The Morgan fingerprint density at radius 3 is 2.82 bits per heavy atom. The fourth-order valence-electron chi connectivity index (χ4n) is 0.588. The van der Waals surface area contributed by atoms with Crippen LogP contribution < -0.4 is 0 Å². The minimum absolute atomic E-state index is 0.212. The molecule has 1 heterocycles. The highest BCUT2D eigenvalue weighted by atomic mass is 32.3. The molecule has 1 aromatic rings. The summed E-state index contributed by atoms with van der Waals surface area (Å²) in [5.74, 6) is -0.449. The molecule has 0 bridgehead atoms. The van der Waals surface area contributed by atoms with E-state index in [2.05, 4.69) is 4.98 Å². The van der Waals surface area contributed by atoms with Gasteiger partial charge < -0.3 is 0 Å². The number of halogens is 1. The fourth-order valence-corrected chi connectivity index (χ4v) is 1.78. The molecule has 0 spiro atoms. The quantitative estimate of drug-likeness (QED) is 0.675. The number of hydrogen-bond acceptors (Lipinski definition) is 4. The van der Waals surface area contributed by atoms with E-state index in [9.17, 15) is 12.3 Å². The van der Waals surface area contributed by atoms with E-state index >= 15 is 0 Å². The van der Waals surface area contributed by atoms with Crippen LogP contribution in [0.25, 0.3) is 0 Å². The summed E-state index contributed by atoms with van der Waals surface area (Å²) in [5.41, 5.74) is 1.58. The van der Waals surface area contributed by atoms with Crippen LogP contribution in [0.5, 0.6) is 0 Å². The van der Waals surface area contributed by atoms with Crippen LogP contribution in [0.1, 0.15) is 4.88 Å². The number of hydrogen-bond donors (Lipinski definition) is 0. The Balaban J connectivity index is 2.48. The smallest absolute Gasteiger partial charge is 0.253 e. The molecule has 0 unspecified atom stereocenters. The van der Waals surface area contributed by atoms with E-state index in [0.29, 0.717) is 0 Å². The second-order valence-corrected chi connectivity index (χ2v) is 4.42. The molecule has 0 saturated carbocycles. The van der Waals surface area contributed by atoms with Gasteiger partial charge in [-0.3, -0.25) is 4.98 Å². The Kier molecular flexibility index (Phi) is 2.56. The lowest BCUT2D eigenvalue weighted by Gasteiger charge is -1.89. The average Bonchev–Trinajstić information content (AvgIpc) is 2.32. The van der Waals surface area contributed by atoms with E-state index in [-0.39, 0.29) is 6.42 Å². The fraction of sp³-hybridized carbons (Fsp3) is 0.400. The first-order valence-electron chi connectivity index (χ1n) is 2.87. The van der Waals surface area contributed by atoms with Crippen molar-refractivity contribution in [2.45, 2.75) is 6.42 Å². The maximum Gasteiger partial charge on any atom is 0.302 e. The minimum Gasteiger partial charge on any atom is -0.253 e. The van der Waals surface area contributed by atoms with E-state index < -0.39 is 16.0 Å². The molecule has 0 fully saturated rings. The molecule has 1 rings (SSSR count). The normalized spacial score (nSPS) is 11.7. The van der Waals surface area contributed by atoms with Crippen LogP contribution in [-0.4, -0.2) is 19.2 Å². The highest BCUT2D eigenvalue weighted by Gasteiger charge is 2.07. The molecule has 0 radical (unpaired) electrons. The average molecular weight is 195 g/mol. The van der Waals surface area contributed by atoms with Crippen molar-refractivity contribution in [1.82, 2.24) is 4.98 Å². The van der Waals surface area contributed by atoms with Gasteiger partial charge in [-0.25, -0.2) is 0 Å². The summed E-state index contributed by atoms with van der Waals surface area (Å²) in [7, 11) is -4.32. The number of thiazole rings is 1. The molecular formula is C5H6FNO2S2. The Morgan fingerprint density at radius 2 is 2.36 bits per heavy atom. The maximum atomic E-state index is 11.9. The molecule has 0 N–H and O–H groups in total. The summed E-state index contributed by atoms with van der Waals surface area (Å²) in [4.78, 5) is 4.51. The van der Waals surface area contributed by atoms with Gasteiger partial charge in [-0.05, 0) is 6.42 Å². The molecule has 3 nitrogen and oxygen atoms in total. The van der Waals surface area contributed by atoms with E-state index in [0.717, 1.165) is 4.88 Å². The standard InChI is InChI=1S/C5H6FNO2S2/c6-11(8,9)2-1-5-3-7-4-10-5/h3-4H,1-2H2. The zero-order chi connectivity index (χ0) is 8.32. The second-order valence-electron chi connectivity index (χ2n) is 1.96. The Labute approximate surface area is 68.1 Å². The van der Waals surface area contributed by atoms with Crippen molar-refractivity contribution in [3.05, 3.63) is 16.6 Å². The predicted molar refractivity (Wildman–Crippen MR) is 40.7 cm³/mol.